The second-order valence-electron chi connectivity index (χ2n) is 13.7. The summed E-state index contributed by atoms with van der Waals surface area (Å²) in [5, 5.41) is 64.0. The van der Waals surface area contributed by atoms with Gasteiger partial charge in [-0.15, -0.1) is 9.24 Å². The number of nitrogens with zero attached hydrogens (tertiary/aromatic N) is 1. The predicted molar refractivity (Wildman–Crippen MR) is 245 cm³/mol. The van der Waals surface area contributed by atoms with Crippen LogP contribution in [0.1, 0.15) is 63.7 Å². The van der Waals surface area contributed by atoms with Crippen molar-refractivity contribution < 1.29 is 54.3 Å². The van der Waals surface area contributed by atoms with Crippen LogP contribution < -0.4 is 43.4 Å². The summed E-state index contributed by atoms with van der Waals surface area (Å²) in [6.07, 6.45) is 4.99. The highest BCUT2D eigenvalue weighted by Gasteiger charge is 2.38. The number of aromatic hydroxyl groups is 2. The Hall–Kier alpha value is -6.80. The minimum atomic E-state index is -1.26. The number of carbonyl (C=O) groups is 6. The number of phenolic OH excluding ortho intramolecular Hbond substituents is 2. The van der Waals surface area contributed by atoms with Crippen molar-refractivity contribution in [2.75, 3.05) is 99.5 Å². The Labute approximate surface area is 370 Å². The van der Waals surface area contributed by atoms with Crippen molar-refractivity contribution in [3.8, 4) is 11.5 Å². The molecule has 0 spiro atoms. The third-order valence-electron chi connectivity index (χ3n) is 9.38. The van der Waals surface area contributed by atoms with Gasteiger partial charge in [0.1, 0.15) is 11.5 Å². The minimum absolute atomic E-state index is 0.0221. The van der Waals surface area contributed by atoms with E-state index < -0.39 is 23.5 Å². The SMILES string of the molecule is NCCNc1ccc(NCCN)c2c1C(=O)c1ccncc1C2=O.O=C(O)/C=C\C(=O)O.O=C1c2c(O)ccc(O)c2C(=O)c2c(NCCNCCP)ccc(NCCNCCO)c21. The predicted octanol–water partition coefficient (Wildman–Crippen LogP) is 1.05. The van der Waals surface area contributed by atoms with Gasteiger partial charge in [0.25, 0.3) is 0 Å². The number of fused-ring (bicyclic) bond motifs is 4. The van der Waals surface area contributed by atoms with Crippen LogP contribution in [0.4, 0.5) is 22.7 Å². The van der Waals surface area contributed by atoms with Crippen LogP contribution in [-0.2, 0) is 9.59 Å². The lowest BCUT2D eigenvalue weighted by Crippen LogP contribution is -2.28. The van der Waals surface area contributed by atoms with E-state index in [1.54, 1.807) is 30.3 Å². The van der Waals surface area contributed by atoms with Crippen molar-refractivity contribution in [2.45, 2.75) is 0 Å². The molecule has 64 heavy (non-hydrogen) atoms. The van der Waals surface area contributed by atoms with Gasteiger partial charge in [0.2, 0.25) is 11.6 Å². The summed E-state index contributed by atoms with van der Waals surface area (Å²) in [6, 6.07) is 11.0. The fourth-order valence-electron chi connectivity index (χ4n) is 6.63. The lowest BCUT2D eigenvalue weighted by atomic mass is 9.81. The molecule has 340 valence electrons. The van der Waals surface area contributed by atoms with Crippen LogP contribution in [0.2, 0.25) is 0 Å². The fraction of sp³-hybridized carbons (Fsp3) is 0.279. The molecule has 15 N–H and O–H groups in total. The number of pyridine rings is 1. The summed E-state index contributed by atoms with van der Waals surface area (Å²) in [7, 11) is 2.64. The summed E-state index contributed by atoms with van der Waals surface area (Å²) in [5.74, 6) is -4.68. The highest BCUT2D eigenvalue weighted by molar-refractivity contribution is 7.16. The average molecular weight is 902 g/mol. The number of carboxylic acids is 2. The van der Waals surface area contributed by atoms with Crippen molar-refractivity contribution in [2.24, 2.45) is 11.5 Å². The highest BCUT2D eigenvalue weighted by atomic mass is 31.0. The van der Waals surface area contributed by atoms with Gasteiger partial charge in [-0.25, -0.2) is 9.59 Å². The van der Waals surface area contributed by atoms with Gasteiger partial charge < -0.3 is 68.9 Å². The lowest BCUT2D eigenvalue weighted by molar-refractivity contribution is -0.134. The first-order valence-electron chi connectivity index (χ1n) is 20.1. The number of hydrogen-bond donors (Lipinski definition) is 13. The number of aromatic nitrogens is 1. The molecule has 1 unspecified atom stereocenters. The number of anilines is 4. The van der Waals surface area contributed by atoms with E-state index in [1.165, 1.54) is 24.5 Å². The van der Waals surface area contributed by atoms with Crippen molar-refractivity contribution in [3.63, 3.8) is 0 Å². The van der Waals surface area contributed by atoms with Gasteiger partial charge >= 0.3 is 11.9 Å². The number of rotatable bonds is 20. The molecule has 3 aromatic carbocycles. The number of nitrogens with two attached hydrogens (primary N) is 2. The number of aliphatic hydroxyl groups is 1. The topological polar surface area (TPSA) is 341 Å². The first-order valence-corrected chi connectivity index (χ1v) is 20.9. The fourth-order valence-corrected chi connectivity index (χ4v) is 6.83. The zero-order valence-corrected chi connectivity index (χ0v) is 35.9. The van der Waals surface area contributed by atoms with Gasteiger partial charge in [-0.3, -0.25) is 24.2 Å². The molecule has 4 aromatic rings. The smallest absolute Gasteiger partial charge is 0.328 e. The molecule has 20 nitrogen and oxygen atoms in total. The maximum absolute atomic E-state index is 13.4. The zero-order chi connectivity index (χ0) is 46.8. The maximum atomic E-state index is 13.4. The van der Waals surface area contributed by atoms with Gasteiger partial charge in [-0.05, 0) is 55.2 Å². The number of nitrogens with one attached hydrogen (secondary N) is 6. The van der Waals surface area contributed by atoms with E-state index in [2.05, 4.69) is 46.1 Å². The van der Waals surface area contributed by atoms with E-state index in [1.807, 2.05) is 0 Å². The van der Waals surface area contributed by atoms with E-state index in [4.69, 9.17) is 26.8 Å². The highest BCUT2D eigenvalue weighted by Crippen LogP contribution is 2.42. The number of phenols is 2. The maximum Gasteiger partial charge on any atom is 0.328 e. The quantitative estimate of drug-likeness (QED) is 0.0220. The lowest BCUT2D eigenvalue weighted by Gasteiger charge is -2.25. The van der Waals surface area contributed by atoms with Gasteiger partial charge in [0.05, 0.1) is 45.6 Å². The first-order chi connectivity index (χ1) is 30.8. The van der Waals surface area contributed by atoms with Crippen LogP contribution in [0.15, 0.2) is 67.0 Å². The summed E-state index contributed by atoms with van der Waals surface area (Å²) < 4.78 is 0. The van der Waals surface area contributed by atoms with Crippen molar-refractivity contribution in [1.82, 2.24) is 15.6 Å². The molecular formula is C43H52N9O11P. The minimum Gasteiger partial charge on any atom is -0.507 e. The number of benzene rings is 3. The molecule has 1 aromatic heterocycles. The van der Waals surface area contributed by atoms with E-state index in [-0.39, 0.29) is 51.9 Å². The Morgan fingerprint density at radius 1 is 0.547 bits per heavy atom. The van der Waals surface area contributed by atoms with Gasteiger partial charge in [0.15, 0.2) is 11.6 Å². The molecule has 0 aliphatic heterocycles. The summed E-state index contributed by atoms with van der Waals surface area (Å²) in [4.78, 5) is 75.8. The van der Waals surface area contributed by atoms with Gasteiger partial charge in [-0.2, -0.15) is 0 Å². The molecule has 21 heteroatoms. The summed E-state index contributed by atoms with van der Waals surface area (Å²) in [6.45, 7) is 5.37. The van der Waals surface area contributed by atoms with E-state index in [0.717, 1.165) is 12.7 Å². The molecule has 0 bridgehead atoms. The number of hydrogen-bond acceptors (Lipinski definition) is 18. The first kappa shape index (κ1) is 49.9. The standard InChI is InChI=1S/C22H29N4O5P.C17H19N5O2.C4H4O4/c27-11-9-23-5-7-25-13-1-2-14(26-8-6-24-10-12-32)18-17(13)21(30)19-15(28)3-4-16(29)20(19)22(18)31;18-4-7-21-12-1-2-13(22-8-5-19)15-14(12)16(23)10-3-6-20-9-11(10)17(15)24;5-3(6)1-2-4(7)8/h1-4,23-29H,5-12,32H2;1-3,6,9,21-22H,4-5,7-8,18-19H2;1-2H,(H,5,6)(H,7,8)/b;;2-1-. The van der Waals surface area contributed by atoms with Crippen LogP contribution in [0.25, 0.3) is 0 Å². The van der Waals surface area contributed by atoms with Crippen molar-refractivity contribution in [1.29, 1.82) is 0 Å². The molecule has 0 amide bonds. The second kappa shape index (κ2) is 24.7. The van der Waals surface area contributed by atoms with Crippen LogP contribution in [0.5, 0.6) is 11.5 Å². The molecular weight excluding hydrogens is 849 g/mol. The summed E-state index contributed by atoms with van der Waals surface area (Å²) >= 11 is 0. The molecule has 6 rings (SSSR count). The number of ketones is 4. The second-order valence-corrected chi connectivity index (χ2v) is 14.3. The van der Waals surface area contributed by atoms with Crippen LogP contribution in [0.3, 0.4) is 0 Å². The van der Waals surface area contributed by atoms with E-state index in [9.17, 15) is 39.0 Å². The molecule has 2 aliphatic rings. The molecule has 0 saturated carbocycles. The summed E-state index contributed by atoms with van der Waals surface area (Å²) in [5.41, 5.74) is 14.6. The molecule has 1 atom stereocenters. The Morgan fingerprint density at radius 2 is 0.953 bits per heavy atom. The zero-order valence-electron chi connectivity index (χ0n) is 34.7. The Balaban J connectivity index is 0.000000246. The molecule has 1 heterocycles. The largest absolute Gasteiger partial charge is 0.507 e. The number of carboxylic acid groups (broad SMARTS) is 2. The van der Waals surface area contributed by atoms with Crippen molar-refractivity contribution >= 4 is 67.1 Å². The number of aliphatic hydroxyl groups excluding tert-OH is 1. The molecule has 0 saturated heterocycles. The third kappa shape index (κ3) is 12.4. The Bertz CT molecular complexity index is 2230. The normalized spacial score (nSPS) is 12.1. The Kier molecular flexibility index (Phi) is 19.3. The molecule has 0 fully saturated rings. The Morgan fingerprint density at radius 3 is 1.36 bits per heavy atom. The number of aliphatic carboxylic acids is 2. The van der Waals surface area contributed by atoms with Gasteiger partial charge in [-0.1, -0.05) is 0 Å². The molecule has 2 aliphatic carbocycles. The number of carbonyl (C=O) groups excluding carboxylic acids is 4. The monoisotopic (exact) mass is 901 g/mol. The van der Waals surface area contributed by atoms with Crippen molar-refractivity contribution in [3.05, 3.63) is 112 Å². The van der Waals surface area contributed by atoms with Crippen LogP contribution >= 0.6 is 9.24 Å². The van der Waals surface area contributed by atoms with Crippen LogP contribution in [-0.4, -0.2) is 144 Å². The van der Waals surface area contributed by atoms with E-state index in [0.29, 0.717) is 116 Å². The third-order valence-corrected chi connectivity index (χ3v) is 9.67. The van der Waals surface area contributed by atoms with E-state index >= 15 is 0 Å². The average Bonchev–Trinajstić information content (AvgIpc) is 3.28. The molecule has 0 radical (unpaired) electrons. The van der Waals surface area contributed by atoms with Crippen LogP contribution in [0, 0.1) is 0 Å². The van der Waals surface area contributed by atoms with Gasteiger partial charge in [0, 0.05) is 112 Å².